The number of hydrogen-bond acceptors (Lipinski definition) is 15. The number of hydrogen-bond donors (Lipinski definition) is 3. The average molecular weight is 1550 g/mol. The monoisotopic (exact) mass is 1550 g/mol. The molecular weight excluding hydrogens is 1380 g/mol. The van der Waals surface area contributed by atoms with Gasteiger partial charge in [-0.25, -0.2) is 9.13 Å². The van der Waals surface area contributed by atoms with E-state index >= 15 is 0 Å². The first kappa shape index (κ1) is 104. The smallest absolute Gasteiger partial charge is 0.462 e. The third kappa shape index (κ3) is 80.1. The van der Waals surface area contributed by atoms with Crippen molar-refractivity contribution in [1.82, 2.24) is 0 Å². The zero-order valence-corrected chi connectivity index (χ0v) is 71.5. The molecule has 0 saturated carbocycles. The Labute approximate surface area is 651 Å². The van der Waals surface area contributed by atoms with Gasteiger partial charge in [-0.15, -0.1) is 0 Å². The first-order chi connectivity index (χ1) is 51.4. The summed E-state index contributed by atoms with van der Waals surface area (Å²) in [7, 11) is -9.93. The summed E-state index contributed by atoms with van der Waals surface area (Å²) < 4.78 is 68.9. The van der Waals surface area contributed by atoms with E-state index in [1.54, 1.807) is 0 Å². The second kappa shape index (κ2) is 78.3. The van der Waals surface area contributed by atoms with Crippen molar-refractivity contribution in [2.75, 3.05) is 39.6 Å². The highest BCUT2D eigenvalue weighted by Gasteiger charge is 2.30. The summed E-state index contributed by atoms with van der Waals surface area (Å²) in [6.07, 6.45) is 71.0. The first-order valence-corrected chi connectivity index (χ1v) is 48.0. The van der Waals surface area contributed by atoms with Crippen LogP contribution in [0.3, 0.4) is 0 Å². The van der Waals surface area contributed by atoms with Gasteiger partial charge < -0.3 is 33.8 Å². The second-order valence-corrected chi connectivity index (χ2v) is 35.1. The number of phosphoric ester groups is 2. The molecule has 0 aliphatic heterocycles. The van der Waals surface area contributed by atoms with Crippen molar-refractivity contribution < 1.29 is 80.2 Å². The van der Waals surface area contributed by atoms with Gasteiger partial charge in [0.2, 0.25) is 0 Å². The van der Waals surface area contributed by atoms with Crippen molar-refractivity contribution in [3.63, 3.8) is 0 Å². The van der Waals surface area contributed by atoms with E-state index in [0.29, 0.717) is 31.6 Å². The molecule has 3 N–H and O–H groups in total. The molecule has 0 amide bonds. The van der Waals surface area contributed by atoms with Crippen LogP contribution in [-0.2, 0) is 65.4 Å². The number of esters is 4. The van der Waals surface area contributed by atoms with Gasteiger partial charge in [-0.1, -0.05) is 414 Å². The van der Waals surface area contributed by atoms with Crippen molar-refractivity contribution in [3.05, 3.63) is 0 Å². The maximum atomic E-state index is 13.2. The van der Waals surface area contributed by atoms with Crippen LogP contribution >= 0.6 is 15.6 Å². The Morgan fingerprint density at radius 3 is 0.642 bits per heavy atom. The topological polar surface area (TPSA) is 237 Å². The molecule has 0 aromatic heterocycles. The van der Waals surface area contributed by atoms with Gasteiger partial charge in [0.25, 0.3) is 0 Å². The minimum atomic E-state index is -4.97. The van der Waals surface area contributed by atoms with Gasteiger partial charge in [-0.05, 0) is 37.5 Å². The van der Waals surface area contributed by atoms with Crippen LogP contribution in [0.2, 0.25) is 0 Å². The number of aliphatic hydroxyl groups excluding tert-OH is 1. The molecule has 17 nitrogen and oxygen atoms in total. The van der Waals surface area contributed by atoms with Crippen LogP contribution in [0.5, 0.6) is 0 Å². The van der Waals surface area contributed by atoms with Crippen LogP contribution in [0.4, 0.5) is 0 Å². The van der Waals surface area contributed by atoms with Crippen LogP contribution in [0, 0.1) is 11.8 Å². The lowest BCUT2D eigenvalue weighted by atomic mass is 10.0. The van der Waals surface area contributed by atoms with E-state index in [0.717, 1.165) is 102 Å². The van der Waals surface area contributed by atoms with Crippen LogP contribution < -0.4 is 0 Å². The maximum absolute atomic E-state index is 13.2. The van der Waals surface area contributed by atoms with Gasteiger partial charge in [0, 0.05) is 25.7 Å². The van der Waals surface area contributed by atoms with Crippen LogP contribution in [0.15, 0.2) is 0 Å². The minimum absolute atomic E-state index is 0.108. The summed E-state index contributed by atoms with van der Waals surface area (Å²) in [6.45, 7) is 9.65. The Kier molecular flexibility index (Phi) is 76.9. The van der Waals surface area contributed by atoms with Gasteiger partial charge >= 0.3 is 39.5 Å². The molecule has 0 aromatic carbocycles. The lowest BCUT2D eigenvalue weighted by Gasteiger charge is -2.21. The summed E-state index contributed by atoms with van der Waals surface area (Å²) in [5, 5.41) is 10.7. The van der Waals surface area contributed by atoms with E-state index < -0.39 is 97.5 Å². The van der Waals surface area contributed by atoms with Crippen molar-refractivity contribution in [2.45, 2.75) is 484 Å². The van der Waals surface area contributed by atoms with E-state index in [2.05, 4.69) is 41.5 Å². The van der Waals surface area contributed by atoms with Gasteiger partial charge in [-0.3, -0.25) is 37.3 Å². The Morgan fingerprint density at radius 2 is 0.434 bits per heavy atom. The third-order valence-corrected chi connectivity index (χ3v) is 22.4. The molecule has 5 atom stereocenters. The maximum Gasteiger partial charge on any atom is 0.472 e. The normalized spacial score (nSPS) is 13.8. The molecule has 106 heavy (non-hydrogen) atoms. The van der Waals surface area contributed by atoms with E-state index in [9.17, 15) is 43.2 Å². The summed E-state index contributed by atoms with van der Waals surface area (Å²) in [5.74, 6) is -0.591. The largest absolute Gasteiger partial charge is 0.472 e. The second-order valence-electron chi connectivity index (χ2n) is 32.2. The SMILES string of the molecule is CCCCCCCCCCCCCCCCCCCCCCCCC(=O)O[C@H](COC(=O)CCCCCCCCCCCCCCCCCC(C)C)COP(=O)(O)OC[C@@H](O)COP(=O)(O)OC[C@@H](COC(=O)CCCCCCCCCC(C)C)OC(=O)CCCCCCCCCCCCCCCCCC. The van der Waals surface area contributed by atoms with Crippen LogP contribution in [0.1, 0.15) is 465 Å². The van der Waals surface area contributed by atoms with Crippen molar-refractivity contribution in [3.8, 4) is 0 Å². The highest BCUT2D eigenvalue weighted by atomic mass is 31.2. The Bertz CT molecular complexity index is 2030. The zero-order chi connectivity index (χ0) is 77.8. The predicted molar refractivity (Wildman–Crippen MR) is 437 cm³/mol. The van der Waals surface area contributed by atoms with Gasteiger partial charge in [0.15, 0.2) is 12.2 Å². The first-order valence-electron chi connectivity index (χ1n) is 45.0. The Hall–Kier alpha value is -1.94. The minimum Gasteiger partial charge on any atom is -0.462 e. The molecule has 0 saturated heterocycles. The average Bonchev–Trinajstić information content (AvgIpc) is 0.901. The fourth-order valence-corrected chi connectivity index (χ4v) is 15.2. The number of phosphoric acid groups is 2. The number of aliphatic hydroxyl groups is 1. The Morgan fingerprint density at radius 1 is 0.255 bits per heavy atom. The van der Waals surface area contributed by atoms with Crippen molar-refractivity contribution in [2.24, 2.45) is 11.8 Å². The van der Waals surface area contributed by atoms with E-state index in [1.807, 2.05) is 0 Å². The van der Waals surface area contributed by atoms with Gasteiger partial charge in [0.1, 0.15) is 19.3 Å². The summed E-state index contributed by atoms with van der Waals surface area (Å²) >= 11 is 0. The molecule has 0 aliphatic carbocycles. The van der Waals surface area contributed by atoms with Crippen molar-refractivity contribution in [1.29, 1.82) is 0 Å². The Balaban J connectivity index is 5.22. The number of carbonyl (C=O) groups is 4. The quantitative estimate of drug-likeness (QED) is 0.0222. The van der Waals surface area contributed by atoms with Gasteiger partial charge in [-0.2, -0.15) is 0 Å². The predicted octanol–water partition coefficient (Wildman–Crippen LogP) is 26.6. The van der Waals surface area contributed by atoms with E-state index in [4.69, 9.17) is 37.0 Å². The molecule has 0 aliphatic rings. The van der Waals surface area contributed by atoms with E-state index in [-0.39, 0.29) is 25.7 Å². The molecule has 0 radical (unpaired) electrons. The summed E-state index contributed by atoms with van der Waals surface area (Å²) in [6, 6.07) is 0. The molecule has 19 heteroatoms. The molecule has 0 fully saturated rings. The number of ether oxygens (including phenoxy) is 4. The summed E-state index contributed by atoms with van der Waals surface area (Å²) in [5.41, 5.74) is 0. The number of carbonyl (C=O) groups excluding carboxylic acids is 4. The number of unbranched alkanes of at least 4 members (excludes halogenated alkanes) is 56. The lowest BCUT2D eigenvalue weighted by Crippen LogP contribution is -2.30. The molecule has 630 valence electrons. The standard InChI is InChI=1S/C87H170O17P2/c1-7-9-11-13-15-17-19-21-23-25-26-27-28-29-30-34-39-43-47-53-60-66-71-86(91)103-82(75-97-84(89)69-63-57-51-45-41-37-35-31-32-36-40-44-49-55-61-67-79(3)4)77-101-105(93,94)99-73-81(88)74-100-106(95,96)102-78-83(76-98-85(90)70-64-58-54-48-50-56-62-68-80(5)6)104-87(92)72-65-59-52-46-42-38-33-24-22-20-18-16-14-12-10-8-2/h79-83,88H,7-78H2,1-6H3,(H,93,94)(H,95,96)/t81-,82-,83-/m1/s1. The van der Waals surface area contributed by atoms with E-state index in [1.165, 1.54) is 276 Å². The molecule has 0 bridgehead atoms. The molecule has 0 rings (SSSR count). The fourth-order valence-electron chi connectivity index (χ4n) is 13.6. The molecular formula is C87H170O17P2. The van der Waals surface area contributed by atoms with Crippen LogP contribution in [0.25, 0.3) is 0 Å². The lowest BCUT2D eigenvalue weighted by molar-refractivity contribution is -0.161. The van der Waals surface area contributed by atoms with Gasteiger partial charge in [0.05, 0.1) is 26.4 Å². The zero-order valence-electron chi connectivity index (χ0n) is 69.7. The number of rotatable bonds is 86. The third-order valence-electron chi connectivity index (χ3n) is 20.5. The molecule has 0 heterocycles. The molecule has 0 aromatic rings. The highest BCUT2D eigenvalue weighted by Crippen LogP contribution is 2.45. The summed E-state index contributed by atoms with van der Waals surface area (Å²) in [4.78, 5) is 73.2. The highest BCUT2D eigenvalue weighted by molar-refractivity contribution is 7.47. The van der Waals surface area contributed by atoms with Crippen LogP contribution in [-0.4, -0.2) is 96.7 Å². The fraction of sp³-hybridized carbons (Fsp3) is 0.954. The van der Waals surface area contributed by atoms with Crippen molar-refractivity contribution >= 4 is 39.5 Å². The molecule has 0 spiro atoms. The molecule has 2 unspecified atom stereocenters.